The molecular formula is C13H16Cl2N2O2. The average molecular weight is 303 g/mol. The van der Waals surface area contributed by atoms with E-state index in [1.54, 1.807) is 24.1 Å². The maximum absolute atomic E-state index is 11.9. The monoisotopic (exact) mass is 302 g/mol. The van der Waals surface area contributed by atoms with Crippen LogP contribution in [0.3, 0.4) is 0 Å². The molecule has 0 radical (unpaired) electrons. The summed E-state index contributed by atoms with van der Waals surface area (Å²) in [5, 5.41) is 0.869. The van der Waals surface area contributed by atoms with Gasteiger partial charge in [-0.2, -0.15) is 0 Å². The van der Waals surface area contributed by atoms with Crippen LogP contribution in [0.4, 0.5) is 0 Å². The van der Waals surface area contributed by atoms with Crippen LogP contribution >= 0.6 is 23.2 Å². The first-order chi connectivity index (χ1) is 9.02. The number of amides is 1. The summed E-state index contributed by atoms with van der Waals surface area (Å²) in [7, 11) is 1.79. The molecule has 6 heteroatoms. The molecule has 104 valence electrons. The van der Waals surface area contributed by atoms with E-state index < -0.39 is 0 Å². The fourth-order valence-corrected chi connectivity index (χ4v) is 2.42. The predicted octanol–water partition coefficient (Wildman–Crippen LogP) is 2.45. The summed E-state index contributed by atoms with van der Waals surface area (Å²) in [5.74, 6) is 0.377. The van der Waals surface area contributed by atoms with Gasteiger partial charge in [-0.25, -0.2) is 0 Å². The van der Waals surface area contributed by atoms with Crippen molar-refractivity contribution in [2.45, 2.75) is 25.4 Å². The number of hydrogen-bond acceptors (Lipinski definition) is 3. The summed E-state index contributed by atoms with van der Waals surface area (Å²) < 4.78 is 5.51. The fourth-order valence-electron chi connectivity index (χ4n) is 1.83. The number of halogens is 2. The van der Waals surface area contributed by atoms with E-state index in [4.69, 9.17) is 33.7 Å². The smallest absolute Gasteiger partial charge is 0.260 e. The van der Waals surface area contributed by atoms with Gasteiger partial charge in [0.05, 0.1) is 5.02 Å². The molecule has 1 saturated carbocycles. The zero-order chi connectivity index (χ0) is 14.0. The van der Waals surface area contributed by atoms with Crippen LogP contribution in [-0.2, 0) is 11.3 Å². The van der Waals surface area contributed by atoms with E-state index in [1.807, 2.05) is 0 Å². The Bertz CT molecular complexity index is 490. The number of carbonyl (C=O) groups is 1. The minimum Gasteiger partial charge on any atom is -0.482 e. The van der Waals surface area contributed by atoms with Gasteiger partial charge < -0.3 is 15.4 Å². The van der Waals surface area contributed by atoms with Crippen LogP contribution in [0, 0.1) is 0 Å². The zero-order valence-electron chi connectivity index (χ0n) is 10.7. The largest absolute Gasteiger partial charge is 0.482 e. The Balaban J connectivity index is 2.04. The van der Waals surface area contributed by atoms with Crippen molar-refractivity contribution in [3.8, 4) is 5.75 Å². The molecule has 4 nitrogen and oxygen atoms in total. The number of hydrogen-bond donors (Lipinski definition) is 1. The Morgan fingerprint density at radius 2 is 2.16 bits per heavy atom. The van der Waals surface area contributed by atoms with Gasteiger partial charge in [0.25, 0.3) is 5.91 Å². The van der Waals surface area contributed by atoms with Gasteiger partial charge in [-0.05, 0) is 25.0 Å². The van der Waals surface area contributed by atoms with Gasteiger partial charge >= 0.3 is 0 Å². The predicted molar refractivity (Wildman–Crippen MR) is 75.6 cm³/mol. The second-order valence-electron chi connectivity index (χ2n) is 4.60. The van der Waals surface area contributed by atoms with Crippen molar-refractivity contribution in [1.29, 1.82) is 0 Å². The van der Waals surface area contributed by atoms with Crippen LogP contribution in [0.15, 0.2) is 12.1 Å². The lowest BCUT2D eigenvalue weighted by molar-refractivity contribution is -0.132. The molecule has 0 bridgehead atoms. The number of nitrogens with two attached hydrogens (primary N) is 1. The average Bonchev–Trinajstić information content (AvgIpc) is 3.19. The molecule has 0 spiro atoms. The standard InChI is InChI=1S/C13H16Cl2N2O2/c1-17(10-2-3-10)12(18)7-19-13-8(6-16)4-9(14)5-11(13)15/h4-5,10H,2-3,6-7,16H2,1H3. The highest BCUT2D eigenvalue weighted by atomic mass is 35.5. The summed E-state index contributed by atoms with van der Waals surface area (Å²) in [6.45, 7) is 0.212. The molecule has 1 aliphatic carbocycles. The number of ether oxygens (including phenoxy) is 1. The first-order valence-electron chi connectivity index (χ1n) is 6.09. The van der Waals surface area contributed by atoms with E-state index in [0.29, 0.717) is 27.4 Å². The number of rotatable bonds is 5. The molecule has 0 atom stereocenters. The number of carbonyl (C=O) groups excluding carboxylic acids is 1. The van der Waals surface area contributed by atoms with Crippen molar-refractivity contribution in [1.82, 2.24) is 4.90 Å². The van der Waals surface area contributed by atoms with Crippen LogP contribution in [0.1, 0.15) is 18.4 Å². The molecule has 0 aliphatic heterocycles. The highest BCUT2D eigenvalue weighted by Gasteiger charge is 2.29. The van der Waals surface area contributed by atoms with Gasteiger partial charge in [0, 0.05) is 30.2 Å². The molecule has 0 unspecified atom stereocenters. The Kier molecular flexibility index (Phi) is 4.55. The van der Waals surface area contributed by atoms with Crippen molar-refractivity contribution in [3.63, 3.8) is 0 Å². The third kappa shape index (κ3) is 3.53. The Morgan fingerprint density at radius 3 is 2.74 bits per heavy atom. The summed E-state index contributed by atoms with van der Waals surface area (Å²) >= 11 is 12.0. The number of benzene rings is 1. The normalized spacial score (nSPS) is 14.3. The van der Waals surface area contributed by atoms with E-state index in [2.05, 4.69) is 0 Å². The molecule has 1 aromatic carbocycles. The van der Waals surface area contributed by atoms with Gasteiger partial charge in [-0.1, -0.05) is 23.2 Å². The van der Waals surface area contributed by atoms with Crippen molar-refractivity contribution < 1.29 is 9.53 Å². The zero-order valence-corrected chi connectivity index (χ0v) is 12.2. The van der Waals surface area contributed by atoms with Gasteiger partial charge in [0.1, 0.15) is 5.75 Å². The van der Waals surface area contributed by atoms with Crippen LogP contribution in [0.5, 0.6) is 5.75 Å². The van der Waals surface area contributed by atoms with E-state index in [0.717, 1.165) is 12.8 Å². The fraction of sp³-hybridized carbons (Fsp3) is 0.462. The van der Waals surface area contributed by atoms with Crippen LogP contribution in [-0.4, -0.2) is 30.5 Å². The molecule has 0 saturated heterocycles. The first kappa shape index (κ1) is 14.4. The lowest BCUT2D eigenvalue weighted by Crippen LogP contribution is -2.33. The Hall–Kier alpha value is -0.970. The molecule has 2 N–H and O–H groups in total. The van der Waals surface area contributed by atoms with Gasteiger partial charge in [0.2, 0.25) is 0 Å². The SMILES string of the molecule is CN(C(=O)COc1c(Cl)cc(Cl)cc1CN)C1CC1. The molecule has 19 heavy (non-hydrogen) atoms. The molecule has 1 fully saturated rings. The number of nitrogens with zero attached hydrogens (tertiary/aromatic N) is 1. The summed E-state index contributed by atoms with van der Waals surface area (Å²) in [6.07, 6.45) is 2.13. The third-order valence-corrected chi connectivity index (χ3v) is 3.63. The minimum absolute atomic E-state index is 0.0403. The second-order valence-corrected chi connectivity index (χ2v) is 5.45. The van der Waals surface area contributed by atoms with E-state index in [1.165, 1.54) is 0 Å². The molecule has 0 aromatic heterocycles. The van der Waals surface area contributed by atoms with Crippen LogP contribution in [0.2, 0.25) is 10.0 Å². The van der Waals surface area contributed by atoms with Crippen molar-refractivity contribution in [2.24, 2.45) is 5.73 Å². The quantitative estimate of drug-likeness (QED) is 0.909. The summed E-state index contributed by atoms with van der Waals surface area (Å²) in [4.78, 5) is 13.6. The summed E-state index contributed by atoms with van der Waals surface area (Å²) in [6, 6.07) is 3.63. The van der Waals surface area contributed by atoms with Crippen LogP contribution < -0.4 is 10.5 Å². The molecule has 1 aromatic rings. The highest BCUT2D eigenvalue weighted by molar-refractivity contribution is 6.35. The molecule has 2 rings (SSSR count). The second kappa shape index (κ2) is 5.99. The Morgan fingerprint density at radius 1 is 1.47 bits per heavy atom. The molecule has 0 heterocycles. The van der Waals surface area contributed by atoms with Crippen molar-refractivity contribution in [3.05, 3.63) is 27.7 Å². The van der Waals surface area contributed by atoms with Gasteiger partial charge in [0.15, 0.2) is 6.61 Å². The third-order valence-electron chi connectivity index (χ3n) is 3.13. The van der Waals surface area contributed by atoms with Crippen molar-refractivity contribution >= 4 is 29.1 Å². The lowest BCUT2D eigenvalue weighted by Gasteiger charge is -2.18. The highest BCUT2D eigenvalue weighted by Crippen LogP contribution is 2.32. The first-order valence-corrected chi connectivity index (χ1v) is 6.85. The molecule has 1 amide bonds. The van der Waals surface area contributed by atoms with E-state index in [-0.39, 0.29) is 19.1 Å². The van der Waals surface area contributed by atoms with Crippen molar-refractivity contribution in [2.75, 3.05) is 13.7 Å². The lowest BCUT2D eigenvalue weighted by atomic mass is 10.2. The van der Waals surface area contributed by atoms with Crippen LogP contribution in [0.25, 0.3) is 0 Å². The molecular weight excluding hydrogens is 287 g/mol. The Labute approximate surface area is 122 Å². The minimum atomic E-state index is -0.0588. The molecule has 1 aliphatic rings. The van der Waals surface area contributed by atoms with Gasteiger partial charge in [-0.3, -0.25) is 4.79 Å². The van der Waals surface area contributed by atoms with Gasteiger partial charge in [-0.15, -0.1) is 0 Å². The summed E-state index contributed by atoms with van der Waals surface area (Å²) in [5.41, 5.74) is 6.31. The topological polar surface area (TPSA) is 55.6 Å². The number of likely N-dealkylation sites (N-methyl/N-ethyl adjacent to an activating group) is 1. The maximum atomic E-state index is 11.9. The van der Waals surface area contributed by atoms with E-state index in [9.17, 15) is 4.79 Å². The van der Waals surface area contributed by atoms with E-state index >= 15 is 0 Å². The maximum Gasteiger partial charge on any atom is 0.260 e.